The maximum absolute atomic E-state index is 4.50. The minimum atomic E-state index is 0.399. The topological polar surface area (TPSA) is 12.0 Å². The summed E-state index contributed by atoms with van der Waals surface area (Å²) in [4.78, 5) is 0. The van der Waals surface area contributed by atoms with E-state index < -0.39 is 0 Å². The van der Waals surface area contributed by atoms with E-state index in [0.717, 1.165) is 43.6 Å². The Morgan fingerprint density at radius 2 is 1.90 bits per heavy atom. The van der Waals surface area contributed by atoms with Crippen molar-refractivity contribution < 1.29 is 0 Å². The summed E-state index contributed by atoms with van der Waals surface area (Å²) in [5.74, 6) is 1.90. The van der Waals surface area contributed by atoms with Crippen molar-refractivity contribution >= 4 is 12.9 Å². The number of rotatable bonds is 10. The van der Waals surface area contributed by atoms with Crippen molar-refractivity contribution in [3.63, 3.8) is 0 Å². The van der Waals surface area contributed by atoms with Crippen LogP contribution in [-0.2, 0) is 12.7 Å². The van der Waals surface area contributed by atoms with Crippen LogP contribution in [-0.4, -0.2) is 13.2 Å². The molecule has 2 unspecified atom stereocenters. The summed E-state index contributed by atoms with van der Waals surface area (Å²) >= 11 is 0. The zero-order valence-electron chi connectivity index (χ0n) is 19.4. The molecule has 2 aliphatic rings. The van der Waals surface area contributed by atoms with Crippen molar-refractivity contribution in [1.82, 2.24) is 5.32 Å². The van der Waals surface area contributed by atoms with Gasteiger partial charge in [-0.15, -0.1) is 0 Å². The summed E-state index contributed by atoms with van der Waals surface area (Å²) in [6.07, 6.45) is 13.6. The number of allylic oxidation sites excluding steroid dienone is 3. The monoisotopic (exact) mass is 402 g/mol. The van der Waals surface area contributed by atoms with Gasteiger partial charge in [-0.2, -0.15) is 0 Å². The van der Waals surface area contributed by atoms with Gasteiger partial charge in [0.05, 0.1) is 0 Å². The van der Waals surface area contributed by atoms with E-state index in [4.69, 9.17) is 0 Å². The van der Waals surface area contributed by atoms with Crippen molar-refractivity contribution in [3.8, 4) is 0 Å². The van der Waals surface area contributed by atoms with Gasteiger partial charge >= 0.3 is 0 Å². The molecule has 0 saturated heterocycles. The number of benzene rings is 1. The quantitative estimate of drug-likeness (QED) is 0.321. The number of nitrogens with one attached hydrogen (secondary N) is 1. The molecule has 1 heterocycles. The summed E-state index contributed by atoms with van der Waals surface area (Å²) in [5, 5.41) is 3.56. The molecule has 2 atom stereocenters. The number of hydrogen-bond acceptors (Lipinski definition) is 1. The molecular weight excluding hydrogens is 361 g/mol. The van der Waals surface area contributed by atoms with E-state index in [2.05, 4.69) is 64.4 Å². The lowest BCUT2D eigenvalue weighted by Gasteiger charge is -2.29. The fourth-order valence-electron chi connectivity index (χ4n) is 5.43. The standard InChI is InChI=1S/C28H41BN/c1-6-23(5)30-28-18-25-13-10-14-26(27(25)19-29-28)22(4)16-20(2)15-21(3)17-24-11-8-7-9-12-24/h10,13-14,20,24,28,30H,3-9,11-12,15-19H2,1-2H3. The Kier molecular flexibility index (Phi) is 8.48. The zero-order valence-corrected chi connectivity index (χ0v) is 19.4. The second-order valence-corrected chi connectivity index (χ2v) is 9.87. The van der Waals surface area contributed by atoms with Crippen molar-refractivity contribution in [2.45, 2.75) is 90.3 Å². The first kappa shape index (κ1) is 23.0. The van der Waals surface area contributed by atoms with Crippen molar-refractivity contribution in [2.24, 2.45) is 11.8 Å². The van der Waals surface area contributed by atoms with Crippen LogP contribution in [0, 0.1) is 11.8 Å². The molecule has 0 spiro atoms. The highest BCUT2D eigenvalue weighted by Crippen LogP contribution is 2.34. The molecule has 1 aromatic rings. The second kappa shape index (κ2) is 11.1. The van der Waals surface area contributed by atoms with Gasteiger partial charge in [0.1, 0.15) is 7.28 Å². The van der Waals surface area contributed by atoms with Crippen LogP contribution in [0.15, 0.2) is 49.2 Å². The highest BCUT2D eigenvalue weighted by atomic mass is 14.9. The maximum atomic E-state index is 4.50. The molecule has 0 bridgehead atoms. The highest BCUT2D eigenvalue weighted by Gasteiger charge is 2.23. The van der Waals surface area contributed by atoms with Crippen molar-refractivity contribution in [2.75, 3.05) is 0 Å². The molecule has 0 aromatic heterocycles. The summed E-state index contributed by atoms with van der Waals surface area (Å²) < 4.78 is 0. The largest absolute Gasteiger partial charge is 0.394 e. The van der Waals surface area contributed by atoms with Gasteiger partial charge in [0, 0.05) is 5.70 Å². The van der Waals surface area contributed by atoms with Crippen LogP contribution < -0.4 is 5.32 Å². The lowest BCUT2D eigenvalue weighted by molar-refractivity contribution is 0.350. The Morgan fingerprint density at radius 1 is 1.13 bits per heavy atom. The third-order valence-corrected chi connectivity index (χ3v) is 7.05. The van der Waals surface area contributed by atoms with Crippen LogP contribution in [0.5, 0.6) is 0 Å². The highest BCUT2D eigenvalue weighted by molar-refractivity contribution is 6.38. The molecule has 1 aromatic carbocycles. The molecule has 1 aliphatic heterocycles. The van der Waals surface area contributed by atoms with Crippen LogP contribution in [0.4, 0.5) is 0 Å². The summed E-state index contributed by atoms with van der Waals surface area (Å²) in [7, 11) is 2.41. The first-order chi connectivity index (χ1) is 14.5. The minimum absolute atomic E-state index is 0.399. The number of hydrogen-bond donors (Lipinski definition) is 1. The minimum Gasteiger partial charge on any atom is -0.394 e. The molecule has 1 fully saturated rings. The average molecular weight is 402 g/mol. The SMILES string of the molecule is C=C(CC(C)CC(=C)c1cccc2c1C[B]C(NC(=C)CC)C2)CC1CCCCC1. The van der Waals surface area contributed by atoms with Crippen LogP contribution in [0.25, 0.3) is 5.57 Å². The molecule has 161 valence electrons. The van der Waals surface area contributed by atoms with Crippen LogP contribution >= 0.6 is 0 Å². The molecular formula is C28H41BN. The smallest absolute Gasteiger partial charge is 0.146 e. The summed E-state index contributed by atoms with van der Waals surface area (Å²) in [6.45, 7) is 17.6. The zero-order chi connectivity index (χ0) is 21.5. The average Bonchev–Trinajstić information content (AvgIpc) is 2.73. The maximum Gasteiger partial charge on any atom is 0.146 e. The van der Waals surface area contributed by atoms with Gasteiger partial charge in [0.25, 0.3) is 0 Å². The first-order valence-electron chi connectivity index (χ1n) is 12.2. The van der Waals surface area contributed by atoms with E-state index in [1.807, 2.05) is 0 Å². The van der Waals surface area contributed by atoms with Crippen molar-refractivity contribution in [1.29, 1.82) is 0 Å². The Labute approximate surface area is 186 Å². The van der Waals surface area contributed by atoms with E-state index in [9.17, 15) is 0 Å². The fraction of sp³-hybridized carbons (Fsp3) is 0.571. The molecule has 1 nitrogen and oxygen atoms in total. The van der Waals surface area contributed by atoms with Crippen LogP contribution in [0.3, 0.4) is 0 Å². The predicted octanol–water partition coefficient (Wildman–Crippen LogP) is 7.24. The Morgan fingerprint density at radius 3 is 2.63 bits per heavy atom. The lowest BCUT2D eigenvalue weighted by Crippen LogP contribution is -2.40. The van der Waals surface area contributed by atoms with Crippen LogP contribution in [0.1, 0.15) is 88.3 Å². The fourth-order valence-corrected chi connectivity index (χ4v) is 5.43. The Bertz CT molecular complexity index is 756. The predicted molar refractivity (Wildman–Crippen MR) is 134 cm³/mol. The van der Waals surface area contributed by atoms with E-state index in [1.165, 1.54) is 66.4 Å². The Hall–Kier alpha value is -1.70. The second-order valence-electron chi connectivity index (χ2n) is 9.87. The lowest BCUT2D eigenvalue weighted by atomic mass is 9.57. The molecule has 0 amide bonds. The molecule has 3 rings (SSSR count). The van der Waals surface area contributed by atoms with Gasteiger partial charge in [0.15, 0.2) is 0 Å². The molecule has 1 saturated carbocycles. The van der Waals surface area contributed by atoms with Crippen molar-refractivity contribution in [3.05, 3.63) is 65.9 Å². The normalized spacial score (nSPS) is 20.0. The third-order valence-electron chi connectivity index (χ3n) is 7.05. The van der Waals surface area contributed by atoms with E-state index in [1.54, 1.807) is 0 Å². The van der Waals surface area contributed by atoms with Gasteiger partial charge < -0.3 is 5.32 Å². The van der Waals surface area contributed by atoms with Gasteiger partial charge in [-0.1, -0.05) is 95.8 Å². The van der Waals surface area contributed by atoms with Gasteiger partial charge in [-0.25, -0.2) is 0 Å². The van der Waals surface area contributed by atoms with Crippen LogP contribution in [0.2, 0.25) is 0 Å². The van der Waals surface area contributed by atoms with E-state index >= 15 is 0 Å². The molecule has 1 N–H and O–H groups in total. The van der Waals surface area contributed by atoms with E-state index in [-0.39, 0.29) is 0 Å². The third kappa shape index (κ3) is 6.40. The summed E-state index contributed by atoms with van der Waals surface area (Å²) in [5.41, 5.74) is 8.20. The number of fused-ring (bicyclic) bond motifs is 1. The van der Waals surface area contributed by atoms with Gasteiger partial charge in [0.2, 0.25) is 0 Å². The Balaban J connectivity index is 1.55. The molecule has 2 heteroatoms. The first-order valence-corrected chi connectivity index (χ1v) is 12.2. The summed E-state index contributed by atoms with van der Waals surface area (Å²) in [6, 6.07) is 6.78. The van der Waals surface area contributed by atoms with Gasteiger partial charge in [-0.05, 0) is 72.1 Å². The molecule has 1 radical (unpaired) electrons. The van der Waals surface area contributed by atoms with E-state index in [0.29, 0.717) is 11.9 Å². The van der Waals surface area contributed by atoms with Gasteiger partial charge in [-0.3, -0.25) is 0 Å². The molecule has 30 heavy (non-hydrogen) atoms. The molecule has 1 aliphatic carbocycles.